The Morgan fingerprint density at radius 1 is 1.37 bits per heavy atom. The Morgan fingerprint density at radius 2 is 2.00 bits per heavy atom. The lowest BCUT2D eigenvalue weighted by Crippen LogP contribution is -2.32. The predicted molar refractivity (Wildman–Crippen MR) is 64.7 cm³/mol. The summed E-state index contributed by atoms with van der Waals surface area (Å²) in [7, 11) is 1.59. The first kappa shape index (κ1) is 15.5. The van der Waals surface area contributed by atoms with E-state index < -0.39 is 17.6 Å². The number of hydrogen-bond donors (Lipinski definition) is 2. The van der Waals surface area contributed by atoms with Crippen LogP contribution in [-0.2, 0) is 11.0 Å². The van der Waals surface area contributed by atoms with E-state index in [4.69, 9.17) is 5.11 Å². The van der Waals surface area contributed by atoms with Crippen LogP contribution in [0, 0.1) is 0 Å². The maximum absolute atomic E-state index is 12.7. The highest BCUT2D eigenvalue weighted by molar-refractivity contribution is 5.93. The number of benzene rings is 1. The van der Waals surface area contributed by atoms with Crippen molar-refractivity contribution in [3.05, 3.63) is 29.8 Å². The molecule has 0 aromatic heterocycles. The van der Waals surface area contributed by atoms with Crippen LogP contribution >= 0.6 is 0 Å². The minimum Gasteiger partial charge on any atom is -0.395 e. The van der Waals surface area contributed by atoms with Gasteiger partial charge in [-0.2, -0.15) is 13.2 Å². The monoisotopic (exact) mass is 276 g/mol. The van der Waals surface area contributed by atoms with E-state index in [-0.39, 0.29) is 25.4 Å². The molecule has 0 saturated carbocycles. The molecule has 0 aliphatic heterocycles. The Kier molecular flexibility index (Phi) is 5.31. The third kappa shape index (κ3) is 4.88. The second-order valence-electron chi connectivity index (χ2n) is 4.05. The Hall–Kier alpha value is -1.60. The lowest BCUT2D eigenvalue weighted by molar-refractivity contribution is -0.137. The average molecular weight is 276 g/mol. The standard InChI is InChI=1S/C12H15F3N2O2/c1-17(6-7-18)8-11(19)16-10-5-3-2-4-9(10)12(13,14)15/h2-5,18H,6-8H2,1H3,(H,16,19). The largest absolute Gasteiger partial charge is 0.418 e. The van der Waals surface area contributed by atoms with E-state index in [9.17, 15) is 18.0 Å². The molecular weight excluding hydrogens is 261 g/mol. The van der Waals surface area contributed by atoms with Gasteiger partial charge in [0.1, 0.15) is 0 Å². The molecule has 0 radical (unpaired) electrons. The quantitative estimate of drug-likeness (QED) is 0.858. The van der Waals surface area contributed by atoms with E-state index in [1.165, 1.54) is 23.1 Å². The van der Waals surface area contributed by atoms with Crippen molar-refractivity contribution in [2.45, 2.75) is 6.18 Å². The lowest BCUT2D eigenvalue weighted by atomic mass is 10.1. The number of amides is 1. The number of hydrogen-bond acceptors (Lipinski definition) is 3. The smallest absolute Gasteiger partial charge is 0.395 e. The Labute approximate surface area is 108 Å². The number of carbonyl (C=O) groups excluding carboxylic acids is 1. The third-order valence-corrected chi connectivity index (χ3v) is 2.40. The van der Waals surface area contributed by atoms with Crippen LogP contribution in [0.2, 0.25) is 0 Å². The van der Waals surface area contributed by atoms with Gasteiger partial charge in [-0.25, -0.2) is 0 Å². The van der Waals surface area contributed by atoms with Crippen LogP contribution in [0.15, 0.2) is 24.3 Å². The van der Waals surface area contributed by atoms with E-state index >= 15 is 0 Å². The van der Waals surface area contributed by atoms with Crippen LogP contribution in [0.3, 0.4) is 0 Å². The van der Waals surface area contributed by atoms with E-state index in [0.717, 1.165) is 6.07 Å². The van der Waals surface area contributed by atoms with Gasteiger partial charge >= 0.3 is 6.18 Å². The first-order chi connectivity index (χ1) is 8.84. The van der Waals surface area contributed by atoms with Crippen LogP contribution in [0.1, 0.15) is 5.56 Å². The number of nitrogens with one attached hydrogen (secondary N) is 1. The molecule has 0 heterocycles. The maximum Gasteiger partial charge on any atom is 0.418 e. The van der Waals surface area contributed by atoms with Crippen molar-refractivity contribution in [1.82, 2.24) is 4.90 Å². The summed E-state index contributed by atoms with van der Waals surface area (Å²) in [6, 6.07) is 4.79. The van der Waals surface area contributed by atoms with E-state index in [1.54, 1.807) is 7.05 Å². The van der Waals surface area contributed by atoms with E-state index in [0.29, 0.717) is 0 Å². The minimum absolute atomic E-state index is 0.0905. The summed E-state index contributed by atoms with van der Waals surface area (Å²) in [5.41, 5.74) is -1.15. The Morgan fingerprint density at radius 3 is 2.58 bits per heavy atom. The maximum atomic E-state index is 12.7. The third-order valence-electron chi connectivity index (χ3n) is 2.40. The zero-order valence-corrected chi connectivity index (χ0v) is 10.4. The van der Waals surface area contributed by atoms with Crippen molar-refractivity contribution in [2.24, 2.45) is 0 Å². The molecule has 4 nitrogen and oxygen atoms in total. The van der Waals surface area contributed by atoms with Gasteiger partial charge in [-0.1, -0.05) is 12.1 Å². The van der Waals surface area contributed by atoms with Gasteiger partial charge < -0.3 is 10.4 Å². The summed E-state index contributed by atoms with van der Waals surface area (Å²) < 4.78 is 38.1. The molecular formula is C12H15F3N2O2. The molecule has 0 atom stereocenters. The molecule has 7 heteroatoms. The van der Waals surface area contributed by atoms with Gasteiger partial charge in [0, 0.05) is 6.54 Å². The summed E-state index contributed by atoms with van der Waals surface area (Å²) in [6.07, 6.45) is -4.51. The van der Waals surface area contributed by atoms with Gasteiger partial charge in [-0.3, -0.25) is 9.69 Å². The Balaban J connectivity index is 2.75. The van der Waals surface area contributed by atoms with E-state index in [1.807, 2.05) is 0 Å². The summed E-state index contributed by atoms with van der Waals surface area (Å²) >= 11 is 0. The molecule has 2 N–H and O–H groups in total. The molecule has 0 bridgehead atoms. The first-order valence-electron chi connectivity index (χ1n) is 5.60. The van der Waals surface area contributed by atoms with Gasteiger partial charge in [-0.15, -0.1) is 0 Å². The molecule has 0 spiro atoms. The van der Waals surface area contributed by atoms with Gasteiger partial charge in [0.05, 0.1) is 24.4 Å². The number of aliphatic hydroxyl groups is 1. The number of likely N-dealkylation sites (N-methyl/N-ethyl adjacent to an activating group) is 1. The fraction of sp³-hybridized carbons (Fsp3) is 0.417. The minimum atomic E-state index is -4.51. The molecule has 0 fully saturated rings. The van der Waals surface area contributed by atoms with Crippen molar-refractivity contribution < 1.29 is 23.1 Å². The zero-order valence-electron chi connectivity index (χ0n) is 10.4. The molecule has 106 valence electrons. The highest BCUT2D eigenvalue weighted by Gasteiger charge is 2.33. The average Bonchev–Trinajstić information content (AvgIpc) is 2.28. The normalized spacial score (nSPS) is 11.7. The van der Waals surface area contributed by atoms with Crippen molar-refractivity contribution in [3.63, 3.8) is 0 Å². The second-order valence-corrected chi connectivity index (χ2v) is 4.05. The number of rotatable bonds is 5. The summed E-state index contributed by atoms with van der Waals surface area (Å²) in [6.45, 7) is 0.0595. The molecule has 0 unspecified atom stereocenters. The van der Waals surface area contributed by atoms with Crippen molar-refractivity contribution in [3.8, 4) is 0 Å². The van der Waals surface area contributed by atoms with Crippen LogP contribution in [0.4, 0.5) is 18.9 Å². The van der Waals surface area contributed by atoms with Gasteiger partial charge in [0.15, 0.2) is 0 Å². The van der Waals surface area contributed by atoms with Crippen molar-refractivity contribution >= 4 is 11.6 Å². The highest BCUT2D eigenvalue weighted by atomic mass is 19.4. The molecule has 0 aliphatic rings. The molecule has 1 amide bonds. The molecule has 1 aromatic rings. The summed E-state index contributed by atoms with van der Waals surface area (Å²) in [4.78, 5) is 13.1. The fourth-order valence-electron chi connectivity index (χ4n) is 1.52. The molecule has 0 aliphatic carbocycles. The van der Waals surface area contributed by atoms with Crippen LogP contribution in [0.5, 0.6) is 0 Å². The second kappa shape index (κ2) is 6.53. The van der Waals surface area contributed by atoms with Gasteiger partial charge in [-0.05, 0) is 19.2 Å². The van der Waals surface area contributed by atoms with Crippen LogP contribution in [0.25, 0.3) is 0 Å². The number of halogens is 3. The highest BCUT2D eigenvalue weighted by Crippen LogP contribution is 2.34. The van der Waals surface area contributed by atoms with Crippen LogP contribution < -0.4 is 5.32 Å². The lowest BCUT2D eigenvalue weighted by Gasteiger charge is -2.17. The number of alkyl halides is 3. The summed E-state index contributed by atoms with van der Waals surface area (Å²) in [5, 5.41) is 10.9. The van der Waals surface area contributed by atoms with Gasteiger partial charge in [0.25, 0.3) is 0 Å². The fourth-order valence-corrected chi connectivity index (χ4v) is 1.52. The topological polar surface area (TPSA) is 52.6 Å². The predicted octanol–water partition coefficient (Wildman–Crippen LogP) is 1.57. The SMILES string of the molecule is CN(CCO)CC(=O)Nc1ccccc1C(F)(F)F. The van der Waals surface area contributed by atoms with E-state index in [2.05, 4.69) is 5.32 Å². The molecule has 1 aromatic carbocycles. The molecule has 19 heavy (non-hydrogen) atoms. The Bertz CT molecular complexity index is 435. The van der Waals surface area contributed by atoms with Crippen molar-refractivity contribution in [1.29, 1.82) is 0 Å². The molecule has 0 saturated heterocycles. The number of carbonyl (C=O) groups is 1. The van der Waals surface area contributed by atoms with Crippen molar-refractivity contribution in [2.75, 3.05) is 32.1 Å². The first-order valence-corrected chi connectivity index (χ1v) is 5.60. The number of para-hydroxylation sites is 1. The number of aliphatic hydroxyl groups excluding tert-OH is 1. The van der Waals surface area contributed by atoms with Crippen LogP contribution in [-0.4, -0.2) is 42.7 Å². The zero-order chi connectivity index (χ0) is 14.5. The number of nitrogens with zero attached hydrogens (tertiary/aromatic N) is 1. The summed E-state index contributed by atoms with van der Waals surface area (Å²) in [5.74, 6) is -0.562. The number of anilines is 1. The van der Waals surface area contributed by atoms with Gasteiger partial charge in [0.2, 0.25) is 5.91 Å². The molecule has 1 rings (SSSR count).